The van der Waals surface area contributed by atoms with Crippen molar-refractivity contribution >= 4 is 11.6 Å². The van der Waals surface area contributed by atoms with Crippen molar-refractivity contribution < 1.29 is 9.53 Å². The predicted molar refractivity (Wildman–Crippen MR) is 117 cm³/mol. The zero-order valence-electron chi connectivity index (χ0n) is 18.5. The smallest absolute Gasteiger partial charge is 0.345 e. The van der Waals surface area contributed by atoms with Crippen molar-refractivity contribution in [3.8, 4) is 0 Å². The summed E-state index contributed by atoms with van der Waals surface area (Å²) in [6.07, 6.45) is 1.77. The molecule has 164 valence electrons. The number of nitrogens with one attached hydrogen (secondary N) is 1. The summed E-state index contributed by atoms with van der Waals surface area (Å²) in [5.74, 6) is 1.11. The van der Waals surface area contributed by atoms with Crippen LogP contribution in [0.25, 0.3) is 0 Å². The summed E-state index contributed by atoms with van der Waals surface area (Å²) in [7, 11) is 1.62. The van der Waals surface area contributed by atoms with E-state index in [1.807, 2.05) is 39.0 Å². The van der Waals surface area contributed by atoms with Crippen LogP contribution in [0.1, 0.15) is 42.6 Å². The maximum Gasteiger partial charge on any atom is 0.345 e. The van der Waals surface area contributed by atoms with Crippen molar-refractivity contribution in [2.24, 2.45) is 0 Å². The standard InChI is InChI=1S/C22H33N5O3/c1-5-26-21(24-27(22(26)29)12-13-30-4)18-8-10-25(11-9-18)15-20(28)23-19-14-16(2)6-7-17(19)3/h6-7,14,18H,5,8-13,15H2,1-4H3,(H,23,28). The Morgan fingerprint density at radius 2 is 2.00 bits per heavy atom. The molecule has 1 fully saturated rings. The number of amides is 1. The monoisotopic (exact) mass is 415 g/mol. The number of rotatable bonds is 8. The highest BCUT2D eigenvalue weighted by molar-refractivity contribution is 5.93. The molecule has 30 heavy (non-hydrogen) atoms. The van der Waals surface area contributed by atoms with Gasteiger partial charge in [0.05, 0.1) is 19.7 Å². The van der Waals surface area contributed by atoms with Crippen molar-refractivity contribution in [3.63, 3.8) is 0 Å². The van der Waals surface area contributed by atoms with Gasteiger partial charge in [0.25, 0.3) is 0 Å². The molecule has 0 unspecified atom stereocenters. The third kappa shape index (κ3) is 5.17. The molecule has 0 atom stereocenters. The maximum absolute atomic E-state index is 12.5. The van der Waals surface area contributed by atoms with Gasteiger partial charge in [0.1, 0.15) is 5.82 Å². The highest BCUT2D eigenvalue weighted by Crippen LogP contribution is 2.26. The van der Waals surface area contributed by atoms with Gasteiger partial charge in [-0.05, 0) is 63.9 Å². The van der Waals surface area contributed by atoms with Gasteiger partial charge in [0.2, 0.25) is 5.91 Å². The zero-order chi connectivity index (χ0) is 21.7. The molecule has 8 nitrogen and oxygen atoms in total. The fourth-order valence-electron chi connectivity index (χ4n) is 3.99. The first-order valence-electron chi connectivity index (χ1n) is 10.7. The van der Waals surface area contributed by atoms with Gasteiger partial charge in [0, 0.05) is 25.3 Å². The molecule has 0 aliphatic carbocycles. The molecule has 1 aromatic carbocycles. The van der Waals surface area contributed by atoms with E-state index in [9.17, 15) is 9.59 Å². The highest BCUT2D eigenvalue weighted by atomic mass is 16.5. The molecule has 3 rings (SSSR count). The number of methoxy groups -OCH3 is 1. The third-order valence-electron chi connectivity index (χ3n) is 5.76. The number of anilines is 1. The average Bonchev–Trinajstić information content (AvgIpc) is 3.05. The summed E-state index contributed by atoms with van der Waals surface area (Å²) in [6, 6.07) is 6.07. The Balaban J connectivity index is 1.58. The van der Waals surface area contributed by atoms with Crippen LogP contribution >= 0.6 is 0 Å². The van der Waals surface area contributed by atoms with E-state index in [0.717, 1.165) is 48.6 Å². The summed E-state index contributed by atoms with van der Waals surface area (Å²) < 4.78 is 8.36. The summed E-state index contributed by atoms with van der Waals surface area (Å²) in [5.41, 5.74) is 3.00. The molecular formula is C22H33N5O3. The Hall–Kier alpha value is -2.45. The van der Waals surface area contributed by atoms with Gasteiger partial charge in [-0.15, -0.1) is 0 Å². The Labute approximate surface area is 177 Å². The topological polar surface area (TPSA) is 81.4 Å². The minimum atomic E-state index is -0.0696. The van der Waals surface area contributed by atoms with Crippen LogP contribution in [-0.2, 0) is 22.6 Å². The second-order valence-corrected chi connectivity index (χ2v) is 8.02. The van der Waals surface area contributed by atoms with E-state index in [1.54, 1.807) is 11.7 Å². The number of hydrogen-bond donors (Lipinski definition) is 1. The highest BCUT2D eigenvalue weighted by Gasteiger charge is 2.27. The Morgan fingerprint density at radius 1 is 1.27 bits per heavy atom. The molecule has 1 aliphatic rings. The normalized spacial score (nSPS) is 15.5. The fourth-order valence-corrected chi connectivity index (χ4v) is 3.99. The Morgan fingerprint density at radius 3 is 2.67 bits per heavy atom. The molecule has 1 aliphatic heterocycles. The molecule has 0 bridgehead atoms. The zero-order valence-corrected chi connectivity index (χ0v) is 18.5. The van der Waals surface area contributed by atoms with Gasteiger partial charge in [-0.25, -0.2) is 9.48 Å². The van der Waals surface area contributed by atoms with E-state index in [-0.39, 0.29) is 17.5 Å². The molecule has 1 N–H and O–H groups in total. The van der Waals surface area contributed by atoms with E-state index in [0.29, 0.717) is 26.2 Å². The number of ether oxygens (including phenoxy) is 1. The van der Waals surface area contributed by atoms with Crippen LogP contribution in [0.4, 0.5) is 5.69 Å². The summed E-state index contributed by atoms with van der Waals surface area (Å²) in [5, 5.41) is 7.63. The number of nitrogens with zero attached hydrogens (tertiary/aromatic N) is 4. The van der Waals surface area contributed by atoms with Crippen LogP contribution in [0.15, 0.2) is 23.0 Å². The van der Waals surface area contributed by atoms with E-state index in [2.05, 4.69) is 15.3 Å². The Kier molecular flexibility index (Phi) is 7.44. The number of hydrogen-bond acceptors (Lipinski definition) is 5. The third-order valence-corrected chi connectivity index (χ3v) is 5.76. The van der Waals surface area contributed by atoms with Crippen LogP contribution in [0.2, 0.25) is 0 Å². The van der Waals surface area contributed by atoms with Crippen LogP contribution in [0.3, 0.4) is 0 Å². The van der Waals surface area contributed by atoms with Crippen LogP contribution < -0.4 is 11.0 Å². The molecule has 1 amide bonds. The number of aryl methyl sites for hydroxylation is 2. The van der Waals surface area contributed by atoms with Gasteiger partial charge >= 0.3 is 5.69 Å². The van der Waals surface area contributed by atoms with Crippen LogP contribution in [-0.4, -0.2) is 58.5 Å². The van der Waals surface area contributed by atoms with E-state index in [1.165, 1.54) is 4.68 Å². The maximum atomic E-state index is 12.5. The summed E-state index contributed by atoms with van der Waals surface area (Å²) >= 11 is 0. The number of aromatic nitrogens is 3. The molecule has 2 heterocycles. The summed E-state index contributed by atoms with van der Waals surface area (Å²) in [4.78, 5) is 27.2. The molecule has 1 aromatic heterocycles. The second-order valence-electron chi connectivity index (χ2n) is 8.02. The lowest BCUT2D eigenvalue weighted by Gasteiger charge is -2.31. The van der Waals surface area contributed by atoms with Gasteiger partial charge in [-0.3, -0.25) is 14.3 Å². The minimum Gasteiger partial charge on any atom is -0.383 e. The second kappa shape index (κ2) is 10.0. The first-order valence-corrected chi connectivity index (χ1v) is 10.7. The van der Waals surface area contributed by atoms with Crippen molar-refractivity contribution in [1.82, 2.24) is 19.2 Å². The van der Waals surface area contributed by atoms with E-state index >= 15 is 0 Å². The summed E-state index contributed by atoms with van der Waals surface area (Å²) in [6.45, 7) is 9.54. The average molecular weight is 416 g/mol. The van der Waals surface area contributed by atoms with Gasteiger partial charge in [-0.2, -0.15) is 5.10 Å². The number of carbonyl (C=O) groups is 1. The predicted octanol–water partition coefficient (Wildman–Crippen LogP) is 2.15. The van der Waals surface area contributed by atoms with Crippen LogP contribution in [0, 0.1) is 13.8 Å². The fraction of sp³-hybridized carbons (Fsp3) is 0.591. The molecule has 0 radical (unpaired) electrons. The van der Waals surface area contributed by atoms with Crippen molar-refractivity contribution in [2.75, 3.05) is 38.7 Å². The lowest BCUT2D eigenvalue weighted by atomic mass is 9.96. The largest absolute Gasteiger partial charge is 0.383 e. The Bertz CT molecular complexity index is 925. The van der Waals surface area contributed by atoms with Gasteiger partial charge in [0.15, 0.2) is 0 Å². The lowest BCUT2D eigenvalue weighted by molar-refractivity contribution is -0.117. The first-order chi connectivity index (χ1) is 14.4. The van der Waals surface area contributed by atoms with Crippen molar-refractivity contribution in [1.29, 1.82) is 0 Å². The SMILES string of the molecule is CCn1c(C2CCN(CC(=O)Nc3cc(C)ccc3C)CC2)nn(CCOC)c1=O. The van der Waals surface area contributed by atoms with Gasteiger partial charge in [-0.1, -0.05) is 12.1 Å². The van der Waals surface area contributed by atoms with Crippen molar-refractivity contribution in [3.05, 3.63) is 45.6 Å². The molecule has 0 saturated carbocycles. The number of likely N-dealkylation sites (tertiary alicyclic amines) is 1. The number of piperidine rings is 1. The quantitative estimate of drug-likeness (QED) is 0.714. The lowest BCUT2D eigenvalue weighted by Crippen LogP contribution is -2.39. The molecular weight excluding hydrogens is 382 g/mol. The van der Waals surface area contributed by atoms with E-state index in [4.69, 9.17) is 4.74 Å². The molecule has 2 aromatic rings. The van der Waals surface area contributed by atoms with E-state index < -0.39 is 0 Å². The molecule has 8 heteroatoms. The number of benzene rings is 1. The molecule has 0 spiro atoms. The molecule has 1 saturated heterocycles. The minimum absolute atomic E-state index is 0.0106. The first kappa shape index (κ1) is 22.2. The number of carbonyl (C=O) groups excluding carboxylic acids is 1. The van der Waals surface area contributed by atoms with Crippen molar-refractivity contribution in [2.45, 2.75) is 52.6 Å². The van der Waals surface area contributed by atoms with Gasteiger partial charge < -0.3 is 10.1 Å². The van der Waals surface area contributed by atoms with Crippen LogP contribution in [0.5, 0.6) is 0 Å².